The van der Waals surface area contributed by atoms with E-state index >= 15 is 0 Å². The first-order chi connectivity index (χ1) is 10.0. The number of aliphatic imine (C=N–C) groups is 1. The minimum Gasteiger partial charge on any atom is -0.387 e. The smallest absolute Gasteiger partial charge is 0.138 e. The Kier molecular flexibility index (Phi) is 10.4. The minimum atomic E-state index is -0.410. The average molecular weight is 362 g/mol. The fourth-order valence-corrected chi connectivity index (χ4v) is 1.63. The van der Waals surface area contributed by atoms with Crippen LogP contribution in [0, 0.1) is 5.82 Å². The highest BCUT2D eigenvalue weighted by atomic mass is 79.9. The van der Waals surface area contributed by atoms with Gasteiger partial charge in [0.05, 0.1) is 4.47 Å². The topological polar surface area (TPSA) is 76.7 Å². The van der Waals surface area contributed by atoms with Crippen LogP contribution < -0.4 is 11.1 Å². The van der Waals surface area contributed by atoms with Crippen molar-refractivity contribution in [2.75, 3.05) is 32.6 Å². The van der Waals surface area contributed by atoms with Crippen molar-refractivity contribution >= 4 is 33.7 Å². The highest BCUT2D eigenvalue weighted by molar-refractivity contribution is 9.10. The van der Waals surface area contributed by atoms with Gasteiger partial charge >= 0.3 is 0 Å². The van der Waals surface area contributed by atoms with Gasteiger partial charge in [0.1, 0.15) is 17.9 Å². The maximum atomic E-state index is 13.4. The molecule has 0 spiro atoms. The summed E-state index contributed by atoms with van der Waals surface area (Å²) in [6.45, 7) is 3.08. The van der Waals surface area contributed by atoms with Crippen molar-refractivity contribution in [1.82, 2.24) is 0 Å². The predicted molar refractivity (Wildman–Crippen MR) is 87.5 cm³/mol. The first-order valence-electron chi connectivity index (χ1n) is 6.41. The molecule has 1 aromatic rings. The molecular formula is C14H21BrFN3O2. The number of benzene rings is 1. The second-order valence-corrected chi connectivity index (χ2v) is 4.72. The Morgan fingerprint density at radius 1 is 1.57 bits per heavy atom. The van der Waals surface area contributed by atoms with Crippen LogP contribution in [0.1, 0.15) is 18.9 Å². The van der Waals surface area contributed by atoms with E-state index in [0.717, 1.165) is 12.9 Å². The fourth-order valence-electron chi connectivity index (χ4n) is 1.29. The van der Waals surface area contributed by atoms with E-state index in [0.29, 0.717) is 28.7 Å². The number of nitrogens with zero attached hydrogens (tertiary/aromatic N) is 1. The van der Waals surface area contributed by atoms with Crippen LogP contribution in [0.3, 0.4) is 0 Å². The van der Waals surface area contributed by atoms with Gasteiger partial charge in [-0.2, -0.15) is 0 Å². The molecule has 7 heteroatoms. The number of hydrogen-bond acceptors (Lipinski definition) is 4. The molecule has 0 bridgehead atoms. The molecule has 0 unspecified atom stereocenters. The van der Waals surface area contributed by atoms with Gasteiger partial charge in [-0.1, -0.05) is 0 Å². The van der Waals surface area contributed by atoms with Crippen LogP contribution in [-0.4, -0.2) is 39.4 Å². The molecule has 0 aliphatic rings. The van der Waals surface area contributed by atoms with Gasteiger partial charge in [-0.25, -0.2) is 4.39 Å². The number of nitrogens with one attached hydrogen (secondary N) is 1. The quantitative estimate of drug-likeness (QED) is 0.353. The van der Waals surface area contributed by atoms with E-state index in [4.69, 9.17) is 5.73 Å². The lowest BCUT2D eigenvalue weighted by Gasteiger charge is -2.10. The van der Waals surface area contributed by atoms with E-state index < -0.39 is 5.82 Å². The van der Waals surface area contributed by atoms with E-state index in [1.54, 1.807) is 20.2 Å². The van der Waals surface area contributed by atoms with Crippen LogP contribution in [0.4, 0.5) is 10.1 Å². The number of halogens is 2. The van der Waals surface area contributed by atoms with Crippen molar-refractivity contribution in [2.45, 2.75) is 13.3 Å². The minimum absolute atomic E-state index is 0.211. The number of anilines is 1. The number of amidine groups is 1. The fraction of sp³-hybridized carbons (Fsp3) is 0.429. The highest BCUT2D eigenvalue weighted by Crippen LogP contribution is 2.24. The normalized spacial score (nSPS) is 10.6. The molecule has 0 atom stereocenters. The summed E-state index contributed by atoms with van der Waals surface area (Å²) < 4.78 is 18.3. The van der Waals surface area contributed by atoms with Crippen LogP contribution in [0.2, 0.25) is 0 Å². The number of hydrogen-bond donors (Lipinski definition) is 2. The average Bonchev–Trinajstić information content (AvgIpc) is 2.49. The third kappa shape index (κ3) is 7.19. The van der Waals surface area contributed by atoms with Gasteiger partial charge in [-0.05, 0) is 35.0 Å². The Hall–Kier alpha value is -1.47. The van der Waals surface area contributed by atoms with Gasteiger partial charge in [-0.15, -0.1) is 0 Å². The van der Waals surface area contributed by atoms with Crippen molar-refractivity contribution < 1.29 is 13.9 Å². The molecule has 0 radical (unpaired) electrons. The molecule has 0 amide bonds. The third-order valence-electron chi connectivity index (χ3n) is 2.42. The van der Waals surface area contributed by atoms with Gasteiger partial charge in [0.25, 0.3) is 0 Å². The molecule has 5 nitrogen and oxygen atoms in total. The summed E-state index contributed by atoms with van der Waals surface area (Å²) in [5.74, 6) is -0.199. The largest absolute Gasteiger partial charge is 0.387 e. The standard InChI is InChI=1S/C11H13BrFN3O.C3H8O/c1-15-10-6-8(12)9(13)5-7(10)11(14)16-3-2-4-17;1-3-4-2/h4-6,15H,2-3H2,1H3,(H2,14,16);3H2,1-2H3. The van der Waals surface area contributed by atoms with Crippen molar-refractivity contribution in [2.24, 2.45) is 10.7 Å². The molecule has 3 N–H and O–H groups in total. The highest BCUT2D eigenvalue weighted by Gasteiger charge is 2.10. The van der Waals surface area contributed by atoms with E-state index in [2.05, 4.69) is 31.0 Å². The number of rotatable bonds is 6. The van der Waals surface area contributed by atoms with E-state index in [1.807, 2.05) is 6.92 Å². The van der Waals surface area contributed by atoms with Gasteiger partial charge in [-0.3, -0.25) is 4.99 Å². The number of carbonyl (C=O) groups excluding carboxylic acids is 1. The second kappa shape index (κ2) is 11.2. The summed E-state index contributed by atoms with van der Waals surface area (Å²) in [6, 6.07) is 2.89. The zero-order chi connectivity index (χ0) is 16.3. The summed E-state index contributed by atoms with van der Waals surface area (Å²) >= 11 is 3.09. The molecule has 0 aromatic heterocycles. The Bertz CT molecular complexity index is 480. The van der Waals surface area contributed by atoms with E-state index in [-0.39, 0.29) is 5.84 Å². The Morgan fingerprint density at radius 2 is 2.19 bits per heavy atom. The Balaban J connectivity index is 0.000000885. The number of ether oxygens (including phenoxy) is 1. The van der Waals surface area contributed by atoms with Crippen LogP contribution in [-0.2, 0) is 9.53 Å². The molecule has 1 aromatic carbocycles. The maximum absolute atomic E-state index is 13.4. The first kappa shape index (κ1) is 19.5. The number of carbonyl (C=O) groups is 1. The van der Waals surface area contributed by atoms with E-state index in [1.165, 1.54) is 6.07 Å². The molecule has 0 fully saturated rings. The summed E-state index contributed by atoms with van der Waals surface area (Å²) in [5.41, 5.74) is 6.90. The van der Waals surface area contributed by atoms with Crippen LogP contribution in [0.15, 0.2) is 21.6 Å². The number of aldehydes is 1. The zero-order valence-corrected chi connectivity index (χ0v) is 14.0. The second-order valence-electron chi connectivity index (χ2n) is 3.86. The van der Waals surface area contributed by atoms with Crippen LogP contribution in [0.25, 0.3) is 0 Å². The third-order valence-corrected chi connectivity index (χ3v) is 3.03. The summed E-state index contributed by atoms with van der Waals surface area (Å²) in [5, 5.41) is 2.91. The van der Waals surface area contributed by atoms with Gasteiger partial charge in [0.2, 0.25) is 0 Å². The van der Waals surface area contributed by atoms with Crippen molar-refractivity contribution in [3.8, 4) is 0 Å². The van der Waals surface area contributed by atoms with Crippen LogP contribution >= 0.6 is 15.9 Å². The SMILES string of the molecule is CCOC.CNc1cc(Br)c(F)cc1C(N)=NCCC=O. The molecule has 118 valence electrons. The summed E-state index contributed by atoms with van der Waals surface area (Å²) in [7, 11) is 3.39. The van der Waals surface area contributed by atoms with Crippen molar-refractivity contribution in [3.05, 3.63) is 28.0 Å². The summed E-state index contributed by atoms with van der Waals surface area (Å²) in [6.07, 6.45) is 1.06. The van der Waals surface area contributed by atoms with Gasteiger partial charge in [0, 0.05) is 45.0 Å². The van der Waals surface area contributed by atoms with Crippen molar-refractivity contribution in [1.29, 1.82) is 0 Å². The van der Waals surface area contributed by atoms with Crippen molar-refractivity contribution in [3.63, 3.8) is 0 Å². The Morgan fingerprint density at radius 3 is 2.67 bits per heavy atom. The summed E-state index contributed by atoms with van der Waals surface area (Å²) in [4.78, 5) is 14.2. The molecular weight excluding hydrogens is 341 g/mol. The van der Waals surface area contributed by atoms with Gasteiger partial charge in [0.15, 0.2) is 0 Å². The molecule has 0 heterocycles. The molecule has 0 saturated carbocycles. The van der Waals surface area contributed by atoms with Gasteiger partial charge < -0.3 is 20.6 Å². The lowest BCUT2D eigenvalue weighted by atomic mass is 10.1. The molecule has 0 aliphatic heterocycles. The predicted octanol–water partition coefficient (Wildman–Crippen LogP) is 2.58. The van der Waals surface area contributed by atoms with E-state index in [9.17, 15) is 9.18 Å². The lowest BCUT2D eigenvalue weighted by molar-refractivity contribution is -0.107. The zero-order valence-electron chi connectivity index (χ0n) is 12.5. The number of nitrogens with two attached hydrogens (primary N) is 1. The van der Waals surface area contributed by atoms with Crippen LogP contribution in [0.5, 0.6) is 0 Å². The first-order valence-corrected chi connectivity index (χ1v) is 7.20. The maximum Gasteiger partial charge on any atom is 0.138 e. The molecule has 1 rings (SSSR count). The monoisotopic (exact) mass is 361 g/mol. The lowest BCUT2D eigenvalue weighted by Crippen LogP contribution is -2.16. The molecule has 0 saturated heterocycles. The molecule has 21 heavy (non-hydrogen) atoms. The Labute approximate surface area is 132 Å². The number of methoxy groups -OCH3 is 1. The molecule has 0 aliphatic carbocycles.